The first kappa shape index (κ1) is 12.1. The second-order valence-electron chi connectivity index (χ2n) is 4.64. The molecule has 94 valence electrons. The van der Waals surface area contributed by atoms with Gasteiger partial charge in [0, 0.05) is 32.0 Å². The smallest absolute Gasteiger partial charge is 0.310 e. The van der Waals surface area contributed by atoms with Crippen LogP contribution in [-0.4, -0.2) is 47.4 Å². The summed E-state index contributed by atoms with van der Waals surface area (Å²) in [6.07, 6.45) is 3.74. The molecule has 5 nitrogen and oxygen atoms in total. The van der Waals surface area contributed by atoms with Crippen molar-refractivity contribution >= 4 is 5.97 Å². The Labute approximate surface area is 101 Å². The Bertz CT molecular complexity index is 364. The molecule has 1 aliphatic heterocycles. The highest BCUT2D eigenvalue weighted by Gasteiger charge is 2.35. The van der Waals surface area contributed by atoms with Gasteiger partial charge in [0.05, 0.1) is 19.6 Å². The summed E-state index contributed by atoms with van der Waals surface area (Å²) in [6.45, 7) is 5.67. The molecule has 1 aliphatic rings. The van der Waals surface area contributed by atoms with Crippen LogP contribution in [0, 0.1) is 11.8 Å². The molecule has 0 N–H and O–H groups in total. The first-order chi connectivity index (χ1) is 8.20. The predicted octanol–water partition coefficient (Wildman–Crippen LogP) is 0.624. The van der Waals surface area contributed by atoms with Gasteiger partial charge in [-0.3, -0.25) is 9.48 Å². The number of esters is 1. The predicted molar refractivity (Wildman–Crippen MR) is 63.3 cm³/mol. The van der Waals surface area contributed by atoms with Gasteiger partial charge in [-0.15, -0.1) is 0 Å². The summed E-state index contributed by atoms with van der Waals surface area (Å²) in [5.74, 6) is 0.316. The van der Waals surface area contributed by atoms with Gasteiger partial charge in [0.15, 0.2) is 0 Å². The van der Waals surface area contributed by atoms with Crippen LogP contribution >= 0.6 is 0 Å². The molecule has 1 fully saturated rings. The number of carbonyl (C=O) groups excluding carboxylic acids is 1. The van der Waals surface area contributed by atoms with Crippen molar-refractivity contribution in [3.05, 3.63) is 18.5 Å². The molecule has 2 rings (SSSR count). The standard InChI is InChI=1S/C12H19N3O2/c1-10-8-14(9-11(10)12(16)17-2)6-7-15-5-3-4-13-15/h3-5,10-11H,6-9H2,1-2H3. The van der Waals surface area contributed by atoms with Crippen LogP contribution in [0.25, 0.3) is 0 Å². The maximum absolute atomic E-state index is 11.5. The largest absolute Gasteiger partial charge is 0.469 e. The molecule has 0 saturated carbocycles. The Kier molecular flexibility index (Phi) is 3.78. The molecule has 0 radical (unpaired) electrons. The fourth-order valence-corrected chi connectivity index (χ4v) is 2.38. The van der Waals surface area contributed by atoms with E-state index in [0.29, 0.717) is 5.92 Å². The van der Waals surface area contributed by atoms with E-state index in [1.807, 2.05) is 16.9 Å². The molecule has 2 unspecified atom stereocenters. The number of carbonyl (C=O) groups is 1. The summed E-state index contributed by atoms with van der Waals surface area (Å²) in [5.41, 5.74) is 0. The van der Waals surface area contributed by atoms with E-state index >= 15 is 0 Å². The number of aromatic nitrogens is 2. The lowest BCUT2D eigenvalue weighted by Gasteiger charge is -2.15. The van der Waals surface area contributed by atoms with Gasteiger partial charge in [-0.05, 0) is 12.0 Å². The van der Waals surface area contributed by atoms with Crippen molar-refractivity contribution in [1.82, 2.24) is 14.7 Å². The van der Waals surface area contributed by atoms with Gasteiger partial charge in [-0.1, -0.05) is 6.92 Å². The third kappa shape index (κ3) is 2.85. The summed E-state index contributed by atoms with van der Waals surface area (Å²) in [5, 5.41) is 4.16. The van der Waals surface area contributed by atoms with Crippen LogP contribution in [0.1, 0.15) is 6.92 Å². The van der Waals surface area contributed by atoms with Crippen LogP contribution in [0.3, 0.4) is 0 Å². The van der Waals surface area contributed by atoms with Gasteiger partial charge in [0.2, 0.25) is 0 Å². The van der Waals surface area contributed by atoms with Crippen molar-refractivity contribution in [2.45, 2.75) is 13.5 Å². The quantitative estimate of drug-likeness (QED) is 0.720. The van der Waals surface area contributed by atoms with Crippen LogP contribution in [0.5, 0.6) is 0 Å². The van der Waals surface area contributed by atoms with Crippen molar-refractivity contribution in [1.29, 1.82) is 0 Å². The maximum atomic E-state index is 11.5. The highest BCUT2D eigenvalue weighted by Crippen LogP contribution is 2.23. The van der Waals surface area contributed by atoms with Gasteiger partial charge in [-0.25, -0.2) is 0 Å². The van der Waals surface area contributed by atoms with Crippen molar-refractivity contribution in [3.63, 3.8) is 0 Å². The molecule has 0 aliphatic carbocycles. The molecule has 1 aromatic rings. The van der Waals surface area contributed by atoms with E-state index in [1.165, 1.54) is 7.11 Å². The van der Waals surface area contributed by atoms with Crippen LogP contribution in [0.2, 0.25) is 0 Å². The number of hydrogen-bond donors (Lipinski definition) is 0. The van der Waals surface area contributed by atoms with Gasteiger partial charge in [0.25, 0.3) is 0 Å². The van der Waals surface area contributed by atoms with Gasteiger partial charge < -0.3 is 9.64 Å². The molecule has 0 bridgehead atoms. The summed E-state index contributed by atoms with van der Waals surface area (Å²) >= 11 is 0. The molecular formula is C12H19N3O2. The average molecular weight is 237 g/mol. The molecule has 1 saturated heterocycles. The molecule has 1 aromatic heterocycles. The number of hydrogen-bond acceptors (Lipinski definition) is 4. The fraction of sp³-hybridized carbons (Fsp3) is 0.667. The van der Waals surface area contributed by atoms with E-state index in [-0.39, 0.29) is 11.9 Å². The van der Waals surface area contributed by atoms with Crippen LogP contribution in [-0.2, 0) is 16.1 Å². The molecular weight excluding hydrogens is 218 g/mol. The van der Waals surface area contributed by atoms with E-state index in [2.05, 4.69) is 16.9 Å². The van der Waals surface area contributed by atoms with E-state index in [1.54, 1.807) is 6.20 Å². The molecule has 17 heavy (non-hydrogen) atoms. The Hall–Kier alpha value is -1.36. The number of ether oxygens (including phenoxy) is 1. The topological polar surface area (TPSA) is 47.4 Å². The van der Waals surface area contributed by atoms with Crippen molar-refractivity contribution < 1.29 is 9.53 Å². The summed E-state index contributed by atoms with van der Waals surface area (Å²) in [6, 6.07) is 1.92. The molecule has 2 atom stereocenters. The zero-order chi connectivity index (χ0) is 12.3. The van der Waals surface area contributed by atoms with Crippen molar-refractivity contribution in [2.24, 2.45) is 11.8 Å². The van der Waals surface area contributed by atoms with Crippen LogP contribution in [0.4, 0.5) is 0 Å². The van der Waals surface area contributed by atoms with E-state index in [9.17, 15) is 4.79 Å². The second-order valence-corrected chi connectivity index (χ2v) is 4.64. The zero-order valence-electron chi connectivity index (χ0n) is 10.4. The zero-order valence-corrected chi connectivity index (χ0v) is 10.4. The fourth-order valence-electron chi connectivity index (χ4n) is 2.38. The minimum Gasteiger partial charge on any atom is -0.469 e. The van der Waals surface area contributed by atoms with Gasteiger partial charge in [0.1, 0.15) is 0 Å². The Morgan fingerprint density at radius 3 is 2.94 bits per heavy atom. The number of likely N-dealkylation sites (tertiary alicyclic amines) is 1. The summed E-state index contributed by atoms with van der Waals surface area (Å²) < 4.78 is 6.73. The van der Waals surface area contributed by atoms with Crippen LogP contribution < -0.4 is 0 Å². The van der Waals surface area contributed by atoms with Crippen molar-refractivity contribution in [2.75, 3.05) is 26.7 Å². The second kappa shape index (κ2) is 5.31. The van der Waals surface area contributed by atoms with E-state index < -0.39 is 0 Å². The molecule has 5 heteroatoms. The lowest BCUT2D eigenvalue weighted by atomic mass is 9.99. The number of methoxy groups -OCH3 is 1. The molecule has 0 aromatic carbocycles. The Balaban J connectivity index is 1.82. The Morgan fingerprint density at radius 2 is 2.29 bits per heavy atom. The van der Waals surface area contributed by atoms with Crippen molar-refractivity contribution in [3.8, 4) is 0 Å². The monoisotopic (exact) mass is 237 g/mol. The summed E-state index contributed by atoms with van der Waals surface area (Å²) in [7, 11) is 1.46. The minimum absolute atomic E-state index is 0.0256. The Morgan fingerprint density at radius 1 is 1.47 bits per heavy atom. The highest BCUT2D eigenvalue weighted by molar-refractivity contribution is 5.73. The molecule has 0 amide bonds. The first-order valence-electron chi connectivity index (χ1n) is 5.98. The SMILES string of the molecule is COC(=O)C1CN(CCn2cccn2)CC1C. The third-order valence-corrected chi connectivity index (χ3v) is 3.40. The van der Waals surface area contributed by atoms with Gasteiger partial charge in [-0.2, -0.15) is 5.10 Å². The molecule has 0 spiro atoms. The third-order valence-electron chi connectivity index (χ3n) is 3.40. The van der Waals surface area contributed by atoms with E-state index in [0.717, 1.165) is 26.2 Å². The summed E-state index contributed by atoms with van der Waals surface area (Å²) in [4.78, 5) is 13.8. The van der Waals surface area contributed by atoms with Gasteiger partial charge >= 0.3 is 5.97 Å². The number of rotatable bonds is 4. The lowest BCUT2D eigenvalue weighted by molar-refractivity contribution is -0.146. The van der Waals surface area contributed by atoms with Crippen LogP contribution in [0.15, 0.2) is 18.5 Å². The average Bonchev–Trinajstić information content (AvgIpc) is 2.94. The van der Waals surface area contributed by atoms with E-state index in [4.69, 9.17) is 4.74 Å². The minimum atomic E-state index is -0.0842. The highest BCUT2D eigenvalue weighted by atomic mass is 16.5. The normalized spacial score (nSPS) is 25.1. The molecule has 2 heterocycles. The number of nitrogens with zero attached hydrogens (tertiary/aromatic N) is 3. The first-order valence-corrected chi connectivity index (χ1v) is 5.98. The lowest BCUT2D eigenvalue weighted by Crippen LogP contribution is -2.27. The maximum Gasteiger partial charge on any atom is 0.310 e.